The van der Waals surface area contributed by atoms with E-state index in [1.807, 2.05) is 6.92 Å². The standard InChI is InChI=1S/C17H16Br2N2O4/c1-10-3-4-14(22)11(5-10)8-20-21-16(23)9-25-17-13(19)6-12(18)7-15(17)24-2/h3-8,22H,9H2,1-2H3,(H,21,23)/b20-8-. The number of hydrogen-bond donors (Lipinski definition) is 2. The van der Waals surface area contributed by atoms with Crippen molar-refractivity contribution in [2.75, 3.05) is 13.7 Å². The van der Waals surface area contributed by atoms with Gasteiger partial charge in [-0.2, -0.15) is 5.10 Å². The molecule has 0 spiro atoms. The number of halogens is 2. The first-order valence-electron chi connectivity index (χ1n) is 7.18. The smallest absolute Gasteiger partial charge is 0.277 e. The second-order valence-corrected chi connectivity index (χ2v) is 6.83. The Bertz CT molecular complexity index is 809. The van der Waals surface area contributed by atoms with Crippen LogP contribution in [0.3, 0.4) is 0 Å². The number of phenols is 1. The van der Waals surface area contributed by atoms with Gasteiger partial charge in [0.05, 0.1) is 17.8 Å². The van der Waals surface area contributed by atoms with Crippen LogP contribution < -0.4 is 14.9 Å². The van der Waals surface area contributed by atoms with E-state index >= 15 is 0 Å². The Hall–Kier alpha value is -2.06. The van der Waals surface area contributed by atoms with Gasteiger partial charge in [-0.25, -0.2) is 5.43 Å². The molecule has 2 N–H and O–H groups in total. The molecule has 6 nitrogen and oxygen atoms in total. The van der Waals surface area contributed by atoms with Crippen LogP contribution in [0.1, 0.15) is 11.1 Å². The van der Waals surface area contributed by atoms with Gasteiger partial charge in [-0.3, -0.25) is 4.79 Å². The molecule has 132 valence electrons. The van der Waals surface area contributed by atoms with Gasteiger partial charge in [0.2, 0.25) is 0 Å². The van der Waals surface area contributed by atoms with Crippen LogP contribution in [0.15, 0.2) is 44.4 Å². The SMILES string of the molecule is COc1cc(Br)cc(Br)c1OCC(=O)N/N=C\c1cc(C)ccc1O. The first kappa shape index (κ1) is 19.3. The molecule has 0 fully saturated rings. The zero-order chi connectivity index (χ0) is 18.4. The molecule has 2 aromatic rings. The second kappa shape index (κ2) is 8.87. The fourth-order valence-electron chi connectivity index (χ4n) is 1.95. The van der Waals surface area contributed by atoms with E-state index in [1.165, 1.54) is 13.3 Å². The highest BCUT2D eigenvalue weighted by molar-refractivity contribution is 9.11. The van der Waals surface area contributed by atoms with Crippen LogP contribution in [-0.2, 0) is 4.79 Å². The predicted octanol–water partition coefficient (Wildman–Crippen LogP) is 3.76. The van der Waals surface area contributed by atoms with Crippen LogP contribution >= 0.6 is 31.9 Å². The Morgan fingerprint density at radius 1 is 1.32 bits per heavy atom. The van der Waals surface area contributed by atoms with Crippen molar-refractivity contribution >= 4 is 44.0 Å². The monoisotopic (exact) mass is 470 g/mol. The number of rotatable bonds is 6. The number of phenolic OH excluding ortho intramolecular Hbond substituents is 1. The Kier molecular flexibility index (Phi) is 6.83. The summed E-state index contributed by atoms with van der Waals surface area (Å²) >= 11 is 6.71. The number of aryl methyl sites for hydroxylation is 1. The molecule has 0 aliphatic rings. The fraction of sp³-hybridized carbons (Fsp3) is 0.176. The summed E-state index contributed by atoms with van der Waals surface area (Å²) in [6.07, 6.45) is 1.37. The average molecular weight is 472 g/mol. The van der Waals surface area contributed by atoms with E-state index < -0.39 is 5.91 Å². The van der Waals surface area contributed by atoms with E-state index in [2.05, 4.69) is 42.4 Å². The molecule has 0 saturated heterocycles. The van der Waals surface area contributed by atoms with Gasteiger partial charge in [-0.15, -0.1) is 0 Å². The number of aromatic hydroxyl groups is 1. The summed E-state index contributed by atoms with van der Waals surface area (Å²) in [5, 5.41) is 13.5. The van der Waals surface area contributed by atoms with Crippen molar-refractivity contribution < 1.29 is 19.4 Å². The highest BCUT2D eigenvalue weighted by atomic mass is 79.9. The molecule has 0 radical (unpaired) electrons. The maximum absolute atomic E-state index is 11.9. The topological polar surface area (TPSA) is 80.2 Å². The highest BCUT2D eigenvalue weighted by Gasteiger charge is 2.12. The minimum Gasteiger partial charge on any atom is -0.507 e. The van der Waals surface area contributed by atoms with Crippen molar-refractivity contribution in [2.24, 2.45) is 5.10 Å². The highest BCUT2D eigenvalue weighted by Crippen LogP contribution is 2.38. The largest absolute Gasteiger partial charge is 0.507 e. The third kappa shape index (κ3) is 5.47. The van der Waals surface area contributed by atoms with Gasteiger partial charge in [-0.05, 0) is 47.1 Å². The second-order valence-electron chi connectivity index (χ2n) is 5.06. The van der Waals surface area contributed by atoms with Crippen LogP contribution in [0.5, 0.6) is 17.2 Å². The van der Waals surface area contributed by atoms with Crippen LogP contribution in [0.2, 0.25) is 0 Å². The van der Waals surface area contributed by atoms with E-state index in [0.717, 1.165) is 10.0 Å². The zero-order valence-electron chi connectivity index (χ0n) is 13.5. The van der Waals surface area contributed by atoms with Crippen LogP contribution in [0.25, 0.3) is 0 Å². The molecule has 2 aromatic carbocycles. The van der Waals surface area contributed by atoms with E-state index in [9.17, 15) is 9.90 Å². The van der Waals surface area contributed by atoms with Gasteiger partial charge in [0.15, 0.2) is 18.1 Å². The number of benzene rings is 2. The van der Waals surface area contributed by atoms with Crippen LogP contribution in [0.4, 0.5) is 0 Å². The number of hydrogen-bond acceptors (Lipinski definition) is 5. The molecule has 0 aromatic heterocycles. The molecule has 1 amide bonds. The first-order chi connectivity index (χ1) is 11.9. The van der Waals surface area contributed by atoms with E-state index in [4.69, 9.17) is 9.47 Å². The molecule has 0 unspecified atom stereocenters. The summed E-state index contributed by atoms with van der Waals surface area (Å²) in [5.41, 5.74) is 3.83. The quantitative estimate of drug-likeness (QED) is 0.496. The molecule has 0 atom stereocenters. The summed E-state index contributed by atoms with van der Waals surface area (Å²) in [4.78, 5) is 11.9. The first-order valence-corrected chi connectivity index (χ1v) is 8.76. The van der Waals surface area contributed by atoms with E-state index in [1.54, 1.807) is 30.3 Å². The predicted molar refractivity (Wildman–Crippen MR) is 102 cm³/mol. The number of nitrogens with zero attached hydrogens (tertiary/aromatic N) is 1. The summed E-state index contributed by atoms with van der Waals surface area (Å²) in [7, 11) is 1.51. The molecule has 0 bridgehead atoms. The number of amides is 1. The molecule has 0 aliphatic carbocycles. The third-order valence-corrected chi connectivity index (χ3v) is 4.16. The van der Waals surface area contributed by atoms with Gasteiger partial charge >= 0.3 is 0 Å². The third-order valence-electron chi connectivity index (χ3n) is 3.12. The van der Waals surface area contributed by atoms with Gasteiger partial charge in [-0.1, -0.05) is 27.6 Å². The van der Waals surface area contributed by atoms with Crippen molar-refractivity contribution in [2.45, 2.75) is 6.92 Å². The summed E-state index contributed by atoms with van der Waals surface area (Å²) in [5.74, 6) is 0.548. The number of hydrazone groups is 1. The fourth-order valence-corrected chi connectivity index (χ4v) is 3.25. The number of carbonyl (C=O) groups excluding carboxylic acids is 1. The number of ether oxygens (including phenoxy) is 2. The maximum Gasteiger partial charge on any atom is 0.277 e. The normalized spacial score (nSPS) is 10.7. The lowest BCUT2D eigenvalue weighted by Crippen LogP contribution is -2.24. The van der Waals surface area contributed by atoms with Gasteiger partial charge in [0.1, 0.15) is 5.75 Å². The Balaban J connectivity index is 1.95. The van der Waals surface area contributed by atoms with Crippen molar-refractivity contribution in [3.8, 4) is 17.2 Å². The lowest BCUT2D eigenvalue weighted by Gasteiger charge is -2.12. The van der Waals surface area contributed by atoms with Crippen molar-refractivity contribution in [3.63, 3.8) is 0 Å². The minimum absolute atomic E-state index is 0.0865. The Labute approximate surface area is 162 Å². The van der Waals surface area contributed by atoms with Crippen molar-refractivity contribution in [1.82, 2.24) is 5.43 Å². The molecule has 2 rings (SSSR count). The van der Waals surface area contributed by atoms with Crippen LogP contribution in [0, 0.1) is 6.92 Å². The Morgan fingerprint density at radius 2 is 2.08 bits per heavy atom. The molecule has 0 aliphatic heterocycles. The average Bonchev–Trinajstić information content (AvgIpc) is 2.56. The van der Waals surface area contributed by atoms with Gasteiger partial charge in [0.25, 0.3) is 5.91 Å². The molecular weight excluding hydrogens is 456 g/mol. The summed E-state index contributed by atoms with van der Waals surface area (Å²) < 4.78 is 12.2. The Morgan fingerprint density at radius 3 is 2.80 bits per heavy atom. The van der Waals surface area contributed by atoms with Gasteiger partial charge in [0, 0.05) is 10.0 Å². The van der Waals surface area contributed by atoms with E-state index in [0.29, 0.717) is 21.5 Å². The molecule has 0 saturated carbocycles. The summed E-state index contributed by atoms with van der Waals surface area (Å²) in [6.45, 7) is 1.65. The molecule has 25 heavy (non-hydrogen) atoms. The number of carbonyl (C=O) groups is 1. The molecule has 0 heterocycles. The lowest BCUT2D eigenvalue weighted by molar-refractivity contribution is -0.123. The number of nitrogens with one attached hydrogen (secondary N) is 1. The van der Waals surface area contributed by atoms with Crippen molar-refractivity contribution in [3.05, 3.63) is 50.4 Å². The molecule has 8 heteroatoms. The zero-order valence-corrected chi connectivity index (χ0v) is 16.7. The number of methoxy groups -OCH3 is 1. The lowest BCUT2D eigenvalue weighted by atomic mass is 10.1. The van der Waals surface area contributed by atoms with Gasteiger partial charge < -0.3 is 14.6 Å². The van der Waals surface area contributed by atoms with Crippen LogP contribution in [-0.4, -0.2) is 30.9 Å². The summed E-state index contributed by atoms with van der Waals surface area (Å²) in [6, 6.07) is 8.62. The van der Waals surface area contributed by atoms with Crippen molar-refractivity contribution in [1.29, 1.82) is 0 Å². The maximum atomic E-state index is 11.9. The van der Waals surface area contributed by atoms with E-state index in [-0.39, 0.29) is 12.4 Å². The minimum atomic E-state index is -0.444. The molecular formula is C17H16Br2N2O4.